The smallest absolute Gasteiger partial charge is 0.227 e. The van der Waals surface area contributed by atoms with Gasteiger partial charge in [0.05, 0.1) is 17.3 Å². The Labute approximate surface area is 148 Å². The van der Waals surface area contributed by atoms with Gasteiger partial charge in [-0.1, -0.05) is 24.6 Å². The van der Waals surface area contributed by atoms with E-state index in [2.05, 4.69) is 10.6 Å². The number of halogens is 2. The highest BCUT2D eigenvalue weighted by Crippen LogP contribution is 2.33. The van der Waals surface area contributed by atoms with Gasteiger partial charge in [0.2, 0.25) is 5.91 Å². The van der Waals surface area contributed by atoms with Crippen molar-refractivity contribution in [3.63, 3.8) is 0 Å². The summed E-state index contributed by atoms with van der Waals surface area (Å²) in [6, 6.07) is 5.33. The molecule has 0 aliphatic carbocycles. The molecule has 0 spiro atoms. The summed E-state index contributed by atoms with van der Waals surface area (Å²) in [7, 11) is 0. The lowest BCUT2D eigenvalue weighted by atomic mass is 9.88. The summed E-state index contributed by atoms with van der Waals surface area (Å²) in [4.78, 5) is 12.3. The van der Waals surface area contributed by atoms with Crippen LogP contribution in [0.5, 0.6) is 5.75 Å². The van der Waals surface area contributed by atoms with Crippen LogP contribution in [0.3, 0.4) is 0 Å². The number of para-hydroxylation sites is 1. The number of ether oxygens (including phenoxy) is 2. The van der Waals surface area contributed by atoms with Crippen LogP contribution in [0.15, 0.2) is 18.2 Å². The van der Waals surface area contributed by atoms with Gasteiger partial charge in [-0.2, -0.15) is 0 Å². The molecule has 2 rings (SSSR count). The lowest BCUT2D eigenvalue weighted by molar-refractivity contribution is -0.121. The number of carbonyl (C=O) groups is 1. The molecule has 1 aliphatic rings. The Balaban J connectivity index is 0.00000264. The molecule has 1 fully saturated rings. The Bertz CT molecular complexity index is 510. The van der Waals surface area contributed by atoms with Crippen molar-refractivity contribution in [3.8, 4) is 5.75 Å². The molecule has 23 heavy (non-hydrogen) atoms. The number of carbonyl (C=O) groups excluding carboxylic acids is 1. The van der Waals surface area contributed by atoms with Crippen molar-refractivity contribution < 1.29 is 14.3 Å². The largest absolute Gasteiger partial charge is 0.487 e. The van der Waals surface area contributed by atoms with Gasteiger partial charge in [-0.05, 0) is 38.1 Å². The Kier molecular flexibility index (Phi) is 8.69. The molecule has 1 aromatic rings. The second-order valence-electron chi connectivity index (χ2n) is 5.36. The van der Waals surface area contributed by atoms with Gasteiger partial charge in [0.15, 0.2) is 5.75 Å². The maximum absolute atomic E-state index is 12.3. The molecule has 1 saturated heterocycles. The average Bonchev–Trinajstić information content (AvgIpc) is 2.44. The number of hydrogen-bond acceptors (Lipinski definition) is 4. The van der Waals surface area contributed by atoms with Gasteiger partial charge in [-0.3, -0.25) is 4.79 Å². The fraction of sp³-hybridized carbons (Fsp3) is 0.562. The molecule has 0 radical (unpaired) electrons. The van der Waals surface area contributed by atoms with E-state index in [-0.39, 0.29) is 24.2 Å². The minimum Gasteiger partial charge on any atom is -0.487 e. The van der Waals surface area contributed by atoms with Crippen LogP contribution < -0.4 is 15.4 Å². The standard InChI is InChI=1S/C16H23ClN2O3.ClH/c1-3-21-7-8-22-15-13(17)5-4-6-14(15)19-16(20)11(2)12-9-18-10-12;/h4-6,11-12,18H,3,7-10H2,1-2H3,(H,19,20);1H. The Morgan fingerprint density at radius 3 is 2.78 bits per heavy atom. The number of nitrogens with one attached hydrogen (secondary N) is 2. The Morgan fingerprint density at radius 1 is 1.43 bits per heavy atom. The first kappa shape index (κ1) is 20.0. The maximum atomic E-state index is 12.3. The number of anilines is 1. The van der Waals surface area contributed by atoms with E-state index in [1.165, 1.54) is 0 Å². The van der Waals surface area contributed by atoms with Gasteiger partial charge in [0.1, 0.15) is 6.61 Å². The summed E-state index contributed by atoms with van der Waals surface area (Å²) in [5.41, 5.74) is 0.605. The van der Waals surface area contributed by atoms with E-state index in [1.807, 2.05) is 13.8 Å². The second-order valence-corrected chi connectivity index (χ2v) is 5.77. The lowest BCUT2D eigenvalue weighted by Gasteiger charge is -2.31. The van der Waals surface area contributed by atoms with Gasteiger partial charge >= 0.3 is 0 Å². The van der Waals surface area contributed by atoms with Crippen molar-refractivity contribution >= 4 is 35.6 Å². The molecule has 5 nitrogen and oxygen atoms in total. The first-order valence-electron chi connectivity index (χ1n) is 7.64. The van der Waals surface area contributed by atoms with Crippen molar-refractivity contribution in [1.29, 1.82) is 0 Å². The van der Waals surface area contributed by atoms with Crippen LogP contribution in [-0.2, 0) is 9.53 Å². The van der Waals surface area contributed by atoms with E-state index in [0.29, 0.717) is 42.2 Å². The van der Waals surface area contributed by atoms with Crippen LogP contribution in [0.2, 0.25) is 5.02 Å². The SMILES string of the molecule is CCOCCOc1c(Cl)cccc1NC(=O)C(C)C1CNC1.Cl. The minimum atomic E-state index is -0.0449. The van der Waals surface area contributed by atoms with E-state index in [4.69, 9.17) is 21.1 Å². The minimum absolute atomic E-state index is 0. The fourth-order valence-corrected chi connectivity index (χ4v) is 2.46. The molecular weight excluding hydrogens is 339 g/mol. The zero-order valence-electron chi connectivity index (χ0n) is 13.4. The van der Waals surface area contributed by atoms with Gasteiger partial charge in [0, 0.05) is 12.5 Å². The van der Waals surface area contributed by atoms with Crippen molar-refractivity contribution in [2.24, 2.45) is 11.8 Å². The number of amides is 1. The molecule has 1 atom stereocenters. The summed E-state index contributed by atoms with van der Waals surface area (Å²) in [5, 5.41) is 6.58. The molecule has 0 bridgehead atoms. The molecule has 1 unspecified atom stereocenters. The zero-order valence-corrected chi connectivity index (χ0v) is 15.0. The van der Waals surface area contributed by atoms with Crippen molar-refractivity contribution in [2.75, 3.05) is 38.2 Å². The lowest BCUT2D eigenvalue weighted by Crippen LogP contribution is -2.48. The van der Waals surface area contributed by atoms with E-state index in [1.54, 1.807) is 18.2 Å². The average molecular weight is 363 g/mol. The van der Waals surface area contributed by atoms with Crippen molar-refractivity contribution in [1.82, 2.24) is 5.32 Å². The molecule has 1 heterocycles. The van der Waals surface area contributed by atoms with Gasteiger partial charge in [-0.25, -0.2) is 0 Å². The molecule has 7 heteroatoms. The molecule has 1 amide bonds. The summed E-state index contributed by atoms with van der Waals surface area (Å²) >= 11 is 6.18. The van der Waals surface area contributed by atoms with Crippen LogP contribution in [0.4, 0.5) is 5.69 Å². The second kappa shape index (κ2) is 9.98. The van der Waals surface area contributed by atoms with Gasteiger partial charge < -0.3 is 20.1 Å². The number of hydrogen-bond donors (Lipinski definition) is 2. The third-order valence-electron chi connectivity index (χ3n) is 3.84. The normalized spacial score (nSPS) is 15.3. The van der Waals surface area contributed by atoms with Gasteiger partial charge in [0.25, 0.3) is 0 Å². The van der Waals surface area contributed by atoms with Crippen LogP contribution >= 0.6 is 24.0 Å². The Hall–Kier alpha value is -1.01. The molecule has 2 N–H and O–H groups in total. The van der Waals surface area contributed by atoms with Crippen molar-refractivity contribution in [3.05, 3.63) is 23.2 Å². The highest BCUT2D eigenvalue weighted by Gasteiger charge is 2.29. The maximum Gasteiger partial charge on any atom is 0.227 e. The van der Waals surface area contributed by atoms with Crippen LogP contribution in [0.1, 0.15) is 13.8 Å². The van der Waals surface area contributed by atoms with Crippen molar-refractivity contribution in [2.45, 2.75) is 13.8 Å². The fourth-order valence-electron chi connectivity index (χ4n) is 2.23. The van der Waals surface area contributed by atoms with Crippen LogP contribution in [0, 0.1) is 11.8 Å². The first-order valence-corrected chi connectivity index (χ1v) is 8.02. The van der Waals surface area contributed by atoms with E-state index >= 15 is 0 Å². The van der Waals surface area contributed by atoms with E-state index < -0.39 is 0 Å². The molecule has 1 aliphatic heterocycles. The summed E-state index contributed by atoms with van der Waals surface area (Å²) in [6.07, 6.45) is 0. The van der Waals surface area contributed by atoms with E-state index in [9.17, 15) is 4.79 Å². The van der Waals surface area contributed by atoms with Crippen LogP contribution in [0.25, 0.3) is 0 Å². The predicted octanol–water partition coefficient (Wildman–Crippen LogP) is 2.97. The first-order chi connectivity index (χ1) is 10.6. The van der Waals surface area contributed by atoms with Crippen LogP contribution in [-0.4, -0.2) is 38.8 Å². The van der Waals surface area contributed by atoms with E-state index in [0.717, 1.165) is 13.1 Å². The summed E-state index contributed by atoms with van der Waals surface area (Å²) < 4.78 is 10.9. The third kappa shape index (κ3) is 5.53. The zero-order chi connectivity index (χ0) is 15.9. The summed E-state index contributed by atoms with van der Waals surface area (Å²) in [5.74, 6) is 0.831. The number of benzene rings is 1. The topological polar surface area (TPSA) is 59.6 Å². The monoisotopic (exact) mass is 362 g/mol. The quantitative estimate of drug-likeness (QED) is 0.698. The number of rotatable bonds is 8. The third-order valence-corrected chi connectivity index (χ3v) is 4.13. The molecule has 0 aromatic heterocycles. The highest BCUT2D eigenvalue weighted by atomic mass is 35.5. The highest BCUT2D eigenvalue weighted by molar-refractivity contribution is 6.32. The molecule has 0 saturated carbocycles. The Morgan fingerprint density at radius 2 is 2.17 bits per heavy atom. The van der Waals surface area contributed by atoms with Gasteiger partial charge in [-0.15, -0.1) is 12.4 Å². The summed E-state index contributed by atoms with van der Waals surface area (Å²) in [6.45, 7) is 7.17. The molecule has 130 valence electrons. The molecular formula is C16H24Cl2N2O3. The molecule has 1 aromatic carbocycles. The predicted molar refractivity (Wildman–Crippen MR) is 94.8 cm³/mol.